The van der Waals surface area contributed by atoms with Crippen molar-refractivity contribution < 1.29 is 4.74 Å². The van der Waals surface area contributed by atoms with Crippen LogP contribution in [0.15, 0.2) is 36.9 Å². The van der Waals surface area contributed by atoms with Crippen molar-refractivity contribution in [3.8, 4) is 5.88 Å². The maximum atomic E-state index is 6.23. The number of hydrogen-bond acceptors (Lipinski definition) is 7. The molecule has 0 spiro atoms. The van der Waals surface area contributed by atoms with Crippen LogP contribution in [0.3, 0.4) is 0 Å². The van der Waals surface area contributed by atoms with Crippen molar-refractivity contribution in [1.29, 1.82) is 0 Å². The van der Waals surface area contributed by atoms with Crippen molar-refractivity contribution in [3.63, 3.8) is 0 Å². The van der Waals surface area contributed by atoms with Gasteiger partial charge in [-0.15, -0.1) is 0 Å². The van der Waals surface area contributed by atoms with Gasteiger partial charge < -0.3 is 9.64 Å². The lowest BCUT2D eigenvalue weighted by Crippen LogP contribution is -2.46. The molecule has 156 valence electrons. The molecule has 0 radical (unpaired) electrons. The zero-order chi connectivity index (χ0) is 20.3. The molecule has 0 bridgehead atoms. The van der Waals surface area contributed by atoms with Gasteiger partial charge in [-0.1, -0.05) is 0 Å². The average molecular weight is 405 g/mol. The molecule has 1 aromatic carbocycles. The predicted molar refractivity (Wildman–Crippen MR) is 117 cm³/mol. The fraction of sp³-hybridized carbons (Fsp3) is 0.478. The van der Waals surface area contributed by atoms with Gasteiger partial charge in [0.05, 0.1) is 22.3 Å². The van der Waals surface area contributed by atoms with E-state index < -0.39 is 0 Å². The number of piperazine rings is 1. The van der Waals surface area contributed by atoms with E-state index in [-0.39, 0.29) is 0 Å². The van der Waals surface area contributed by atoms with Crippen LogP contribution >= 0.6 is 0 Å². The number of anilines is 1. The Kier molecular flexibility index (Phi) is 5.45. The normalized spacial score (nSPS) is 18.2. The van der Waals surface area contributed by atoms with Gasteiger partial charge in [-0.05, 0) is 50.8 Å². The van der Waals surface area contributed by atoms with Crippen LogP contribution in [0.2, 0.25) is 0 Å². The molecule has 2 aromatic heterocycles. The molecule has 2 fully saturated rings. The largest absolute Gasteiger partial charge is 0.474 e. The summed E-state index contributed by atoms with van der Waals surface area (Å²) in [5.41, 5.74) is 4.15. The molecule has 7 nitrogen and oxygen atoms in total. The van der Waals surface area contributed by atoms with Crippen LogP contribution in [-0.4, -0.2) is 57.1 Å². The Morgan fingerprint density at radius 3 is 2.57 bits per heavy atom. The first-order valence-corrected chi connectivity index (χ1v) is 10.9. The Balaban J connectivity index is 1.27. The van der Waals surface area contributed by atoms with Gasteiger partial charge in [0.1, 0.15) is 12.4 Å². The molecule has 3 aromatic rings. The third-order valence-corrected chi connectivity index (χ3v) is 6.12. The van der Waals surface area contributed by atoms with E-state index >= 15 is 0 Å². The first kappa shape index (κ1) is 19.2. The van der Waals surface area contributed by atoms with Crippen LogP contribution in [0.5, 0.6) is 5.88 Å². The summed E-state index contributed by atoms with van der Waals surface area (Å²) in [5.74, 6) is 0.727. The maximum Gasteiger partial charge on any atom is 0.224 e. The fourth-order valence-electron chi connectivity index (χ4n) is 4.37. The SMILES string of the molecule is Cc1cnc(CN2CCN(c3ccc4ncnc(OC5CCCC5)c4c3)CC2)cn1. The summed E-state index contributed by atoms with van der Waals surface area (Å²) in [5, 5.41) is 1.01. The Bertz CT molecular complexity index is 994. The molecule has 1 saturated carbocycles. The number of ether oxygens (including phenoxy) is 1. The quantitative estimate of drug-likeness (QED) is 0.646. The Morgan fingerprint density at radius 1 is 0.967 bits per heavy atom. The van der Waals surface area contributed by atoms with E-state index in [9.17, 15) is 0 Å². The molecule has 0 unspecified atom stereocenters. The number of hydrogen-bond donors (Lipinski definition) is 0. The van der Waals surface area contributed by atoms with E-state index in [4.69, 9.17) is 4.74 Å². The molecule has 30 heavy (non-hydrogen) atoms. The zero-order valence-electron chi connectivity index (χ0n) is 17.5. The van der Waals surface area contributed by atoms with Gasteiger partial charge in [0, 0.05) is 50.8 Å². The van der Waals surface area contributed by atoms with E-state index in [1.807, 2.05) is 19.3 Å². The lowest BCUT2D eigenvalue weighted by atomic mass is 10.1. The molecule has 1 aliphatic heterocycles. The maximum absolute atomic E-state index is 6.23. The highest BCUT2D eigenvalue weighted by molar-refractivity contribution is 5.86. The molecule has 1 aliphatic carbocycles. The second-order valence-electron chi connectivity index (χ2n) is 8.32. The van der Waals surface area contributed by atoms with Crippen molar-refractivity contribution in [2.75, 3.05) is 31.1 Å². The standard InChI is InChI=1S/C23H28N6O/c1-17-13-25-18(14-24-17)15-28-8-10-29(11-9-28)19-6-7-22-21(12-19)23(27-16-26-22)30-20-4-2-3-5-20/h6-7,12-14,16,20H,2-5,8-11,15H2,1H3. The second kappa shape index (κ2) is 8.52. The highest BCUT2D eigenvalue weighted by atomic mass is 16.5. The summed E-state index contributed by atoms with van der Waals surface area (Å²) in [7, 11) is 0. The van der Waals surface area contributed by atoms with Gasteiger partial charge in [0.2, 0.25) is 5.88 Å². The van der Waals surface area contributed by atoms with Crippen molar-refractivity contribution in [2.24, 2.45) is 0 Å². The van der Waals surface area contributed by atoms with Gasteiger partial charge in [0.25, 0.3) is 0 Å². The lowest BCUT2D eigenvalue weighted by molar-refractivity contribution is 0.204. The average Bonchev–Trinajstić information content (AvgIpc) is 3.29. The molecule has 2 aliphatic rings. The zero-order valence-corrected chi connectivity index (χ0v) is 17.5. The topological polar surface area (TPSA) is 67.3 Å². The van der Waals surface area contributed by atoms with Gasteiger partial charge in [-0.25, -0.2) is 9.97 Å². The minimum absolute atomic E-state index is 0.292. The van der Waals surface area contributed by atoms with E-state index in [0.29, 0.717) is 6.10 Å². The van der Waals surface area contributed by atoms with E-state index in [2.05, 4.69) is 47.9 Å². The van der Waals surface area contributed by atoms with Gasteiger partial charge in [0.15, 0.2) is 0 Å². The molecular formula is C23H28N6O. The number of aromatic nitrogens is 4. The summed E-state index contributed by atoms with van der Waals surface area (Å²) in [4.78, 5) is 22.6. The summed E-state index contributed by atoms with van der Waals surface area (Å²) >= 11 is 0. The van der Waals surface area contributed by atoms with E-state index in [0.717, 1.165) is 73.7 Å². The highest BCUT2D eigenvalue weighted by Gasteiger charge is 2.21. The molecule has 0 amide bonds. The third-order valence-electron chi connectivity index (χ3n) is 6.12. The molecular weight excluding hydrogens is 376 g/mol. The first-order chi connectivity index (χ1) is 14.7. The molecule has 7 heteroatoms. The van der Waals surface area contributed by atoms with Gasteiger partial charge >= 0.3 is 0 Å². The number of fused-ring (bicyclic) bond motifs is 1. The number of nitrogens with zero attached hydrogens (tertiary/aromatic N) is 6. The fourth-order valence-corrected chi connectivity index (χ4v) is 4.37. The Hall–Kier alpha value is -2.80. The third kappa shape index (κ3) is 4.21. The molecule has 5 rings (SSSR count). The second-order valence-corrected chi connectivity index (χ2v) is 8.32. The van der Waals surface area contributed by atoms with Crippen LogP contribution in [0.4, 0.5) is 5.69 Å². The van der Waals surface area contributed by atoms with Crippen molar-refractivity contribution >= 4 is 16.6 Å². The van der Waals surface area contributed by atoms with E-state index in [1.165, 1.54) is 18.5 Å². The number of rotatable bonds is 5. The Labute approximate surface area is 177 Å². The van der Waals surface area contributed by atoms with Crippen molar-refractivity contribution in [2.45, 2.75) is 45.3 Å². The van der Waals surface area contributed by atoms with Crippen LogP contribution in [0, 0.1) is 6.92 Å². The molecule has 0 atom stereocenters. The smallest absolute Gasteiger partial charge is 0.224 e. The molecule has 0 N–H and O–H groups in total. The minimum atomic E-state index is 0.292. The summed E-state index contributed by atoms with van der Waals surface area (Å²) in [6.45, 7) is 6.80. The summed E-state index contributed by atoms with van der Waals surface area (Å²) in [6, 6.07) is 6.44. The minimum Gasteiger partial charge on any atom is -0.474 e. The number of aryl methyl sites for hydroxylation is 1. The van der Waals surface area contributed by atoms with Crippen molar-refractivity contribution in [3.05, 3.63) is 48.3 Å². The Morgan fingerprint density at radius 2 is 1.80 bits per heavy atom. The summed E-state index contributed by atoms with van der Waals surface area (Å²) < 4.78 is 6.23. The molecule has 1 saturated heterocycles. The first-order valence-electron chi connectivity index (χ1n) is 10.9. The lowest BCUT2D eigenvalue weighted by Gasteiger charge is -2.36. The summed E-state index contributed by atoms with van der Waals surface area (Å²) in [6.07, 6.45) is 10.4. The number of benzene rings is 1. The van der Waals surface area contributed by atoms with Gasteiger partial charge in [-0.2, -0.15) is 0 Å². The highest BCUT2D eigenvalue weighted by Crippen LogP contribution is 2.30. The van der Waals surface area contributed by atoms with Gasteiger partial charge in [-0.3, -0.25) is 14.9 Å². The monoisotopic (exact) mass is 404 g/mol. The van der Waals surface area contributed by atoms with Crippen LogP contribution < -0.4 is 9.64 Å². The van der Waals surface area contributed by atoms with Crippen molar-refractivity contribution in [1.82, 2.24) is 24.8 Å². The van der Waals surface area contributed by atoms with E-state index in [1.54, 1.807) is 6.33 Å². The molecule has 3 heterocycles. The van der Waals surface area contributed by atoms with Crippen LogP contribution in [-0.2, 0) is 6.54 Å². The predicted octanol–water partition coefficient (Wildman–Crippen LogP) is 3.37. The van der Waals surface area contributed by atoms with Crippen LogP contribution in [0.1, 0.15) is 37.1 Å². The van der Waals surface area contributed by atoms with Crippen LogP contribution in [0.25, 0.3) is 10.9 Å².